The fourth-order valence-electron chi connectivity index (χ4n) is 1.47. The van der Waals surface area contributed by atoms with Crippen LogP contribution in [0.2, 0.25) is 0 Å². The highest BCUT2D eigenvalue weighted by Gasteiger charge is 2.14. The first-order chi connectivity index (χ1) is 6.27. The van der Waals surface area contributed by atoms with Crippen LogP contribution in [0.5, 0.6) is 0 Å². The number of carbonyl (C=O) groups is 1. The molecule has 2 N–H and O–H groups in total. The van der Waals surface area contributed by atoms with Crippen LogP contribution < -0.4 is 5.32 Å². The van der Waals surface area contributed by atoms with Gasteiger partial charge in [-0.2, -0.15) is 5.10 Å². The van der Waals surface area contributed by atoms with Crippen LogP contribution >= 0.6 is 12.4 Å². The quantitative estimate of drug-likeness (QED) is 0.719. The minimum absolute atomic E-state index is 0. The fourth-order valence-corrected chi connectivity index (χ4v) is 1.47. The maximum atomic E-state index is 10.6. The van der Waals surface area contributed by atoms with Crippen molar-refractivity contribution in [2.75, 3.05) is 6.54 Å². The normalized spacial score (nSPS) is 15.1. The van der Waals surface area contributed by atoms with Gasteiger partial charge in [-0.25, -0.2) is 4.79 Å². The maximum absolute atomic E-state index is 10.6. The molecule has 6 heteroatoms. The minimum Gasteiger partial charge on any atom is -0.476 e. The molecule has 0 atom stereocenters. The molecule has 0 amide bonds. The lowest BCUT2D eigenvalue weighted by Crippen LogP contribution is -2.11. The van der Waals surface area contributed by atoms with Crippen LogP contribution in [0, 0.1) is 0 Å². The summed E-state index contributed by atoms with van der Waals surface area (Å²) >= 11 is 0. The van der Waals surface area contributed by atoms with Crippen molar-refractivity contribution < 1.29 is 9.90 Å². The summed E-state index contributed by atoms with van der Waals surface area (Å²) in [6.45, 7) is 2.47. The molecule has 0 radical (unpaired) electrons. The maximum Gasteiger partial charge on any atom is 0.356 e. The van der Waals surface area contributed by atoms with Gasteiger partial charge < -0.3 is 10.4 Å². The average molecular weight is 218 g/mol. The first-order valence-corrected chi connectivity index (χ1v) is 4.28. The second-order valence-electron chi connectivity index (χ2n) is 3.08. The van der Waals surface area contributed by atoms with Gasteiger partial charge >= 0.3 is 5.97 Å². The Morgan fingerprint density at radius 2 is 2.43 bits per heavy atom. The number of halogens is 1. The number of aromatic nitrogens is 2. The summed E-state index contributed by atoms with van der Waals surface area (Å²) < 4.78 is 1.77. The summed E-state index contributed by atoms with van der Waals surface area (Å²) in [5, 5.41) is 15.9. The Kier molecular flexibility index (Phi) is 3.49. The molecule has 0 saturated heterocycles. The smallest absolute Gasteiger partial charge is 0.356 e. The number of nitrogens with zero attached hydrogens (tertiary/aromatic N) is 2. The summed E-state index contributed by atoms with van der Waals surface area (Å²) in [7, 11) is 0. The lowest BCUT2D eigenvalue weighted by molar-refractivity contribution is 0.0689. The molecular weight excluding hydrogens is 206 g/mol. The summed E-state index contributed by atoms with van der Waals surface area (Å²) in [6.07, 6.45) is 0.994. The third-order valence-electron chi connectivity index (χ3n) is 2.11. The first kappa shape index (κ1) is 11.0. The summed E-state index contributed by atoms with van der Waals surface area (Å²) in [5.74, 6) is -0.958. The second kappa shape index (κ2) is 4.43. The monoisotopic (exact) mass is 217 g/mol. The Labute approximate surface area is 87.5 Å². The molecule has 0 aliphatic carbocycles. The van der Waals surface area contributed by atoms with Gasteiger partial charge in [-0.15, -0.1) is 12.4 Å². The molecule has 0 fully saturated rings. The predicted molar refractivity (Wildman–Crippen MR) is 52.8 cm³/mol. The number of nitrogens with one attached hydrogen (secondary N) is 1. The minimum atomic E-state index is -0.958. The van der Waals surface area contributed by atoms with E-state index in [1.54, 1.807) is 10.7 Å². The molecule has 1 aromatic heterocycles. The Hall–Kier alpha value is -1.07. The molecule has 1 aromatic rings. The van der Waals surface area contributed by atoms with Gasteiger partial charge in [0.25, 0.3) is 0 Å². The van der Waals surface area contributed by atoms with Crippen LogP contribution in [0.1, 0.15) is 22.6 Å². The molecule has 0 bridgehead atoms. The van der Waals surface area contributed by atoms with Crippen LogP contribution in [0.15, 0.2) is 6.07 Å². The van der Waals surface area contributed by atoms with E-state index >= 15 is 0 Å². The molecule has 2 heterocycles. The molecule has 78 valence electrons. The van der Waals surface area contributed by atoms with E-state index in [0.717, 1.165) is 25.2 Å². The summed E-state index contributed by atoms with van der Waals surface area (Å²) in [6, 6.07) is 1.63. The summed E-state index contributed by atoms with van der Waals surface area (Å²) in [5.41, 5.74) is 1.09. The number of aryl methyl sites for hydroxylation is 1. The number of fused-ring (bicyclic) bond motifs is 1. The standard InChI is InChI=1S/C8H11N3O2.ClH/c12-8(13)7-4-6-5-9-2-1-3-11(6)10-7;/h4,9H,1-3,5H2,(H,12,13);1H. The highest BCUT2D eigenvalue weighted by atomic mass is 35.5. The van der Waals surface area contributed by atoms with E-state index in [-0.39, 0.29) is 18.1 Å². The number of rotatable bonds is 1. The number of hydrogen-bond donors (Lipinski definition) is 2. The third kappa shape index (κ3) is 2.05. The van der Waals surface area contributed by atoms with Gasteiger partial charge in [-0.3, -0.25) is 4.68 Å². The zero-order valence-corrected chi connectivity index (χ0v) is 8.38. The van der Waals surface area contributed by atoms with Crippen molar-refractivity contribution in [1.82, 2.24) is 15.1 Å². The number of hydrogen-bond acceptors (Lipinski definition) is 3. The highest BCUT2D eigenvalue weighted by Crippen LogP contribution is 2.07. The molecule has 2 rings (SSSR count). The molecule has 0 saturated carbocycles. The predicted octanol–water partition coefficient (Wildman–Crippen LogP) is 0.496. The highest BCUT2D eigenvalue weighted by molar-refractivity contribution is 5.85. The lowest BCUT2D eigenvalue weighted by Gasteiger charge is -1.98. The first-order valence-electron chi connectivity index (χ1n) is 4.28. The van der Waals surface area contributed by atoms with Gasteiger partial charge in [0, 0.05) is 13.1 Å². The zero-order valence-electron chi connectivity index (χ0n) is 7.56. The number of carboxylic acids is 1. The Balaban J connectivity index is 0.000000980. The lowest BCUT2D eigenvalue weighted by atomic mass is 10.3. The van der Waals surface area contributed by atoms with Crippen molar-refractivity contribution in [3.63, 3.8) is 0 Å². The van der Waals surface area contributed by atoms with E-state index in [1.807, 2.05) is 0 Å². The molecule has 0 unspecified atom stereocenters. The van der Waals surface area contributed by atoms with Crippen LogP contribution in [0.25, 0.3) is 0 Å². The SMILES string of the molecule is Cl.O=C(O)c1cc2n(n1)CCCNC2. The van der Waals surface area contributed by atoms with Gasteiger partial charge in [-0.05, 0) is 19.0 Å². The van der Waals surface area contributed by atoms with Gasteiger partial charge in [-0.1, -0.05) is 0 Å². The number of aromatic carboxylic acids is 1. The Bertz CT molecular complexity index is 314. The van der Waals surface area contributed by atoms with Crippen LogP contribution in [-0.2, 0) is 13.1 Å². The Morgan fingerprint density at radius 1 is 1.64 bits per heavy atom. The Morgan fingerprint density at radius 3 is 3.14 bits per heavy atom. The van der Waals surface area contributed by atoms with Crippen LogP contribution in [0.4, 0.5) is 0 Å². The van der Waals surface area contributed by atoms with Crippen molar-refractivity contribution in [2.24, 2.45) is 0 Å². The molecule has 5 nitrogen and oxygen atoms in total. The van der Waals surface area contributed by atoms with Crippen LogP contribution in [0.3, 0.4) is 0 Å². The molecule has 0 aromatic carbocycles. The average Bonchev–Trinajstić information content (AvgIpc) is 2.38. The van der Waals surface area contributed by atoms with E-state index in [4.69, 9.17) is 5.11 Å². The van der Waals surface area contributed by atoms with E-state index in [0.29, 0.717) is 6.54 Å². The van der Waals surface area contributed by atoms with Crippen molar-refractivity contribution >= 4 is 18.4 Å². The molecule has 1 aliphatic heterocycles. The van der Waals surface area contributed by atoms with E-state index < -0.39 is 5.97 Å². The van der Waals surface area contributed by atoms with Crippen molar-refractivity contribution in [3.8, 4) is 0 Å². The topological polar surface area (TPSA) is 67.1 Å². The molecule has 0 spiro atoms. The van der Waals surface area contributed by atoms with E-state index in [1.165, 1.54) is 0 Å². The van der Waals surface area contributed by atoms with Gasteiger partial charge in [0.1, 0.15) is 0 Å². The van der Waals surface area contributed by atoms with E-state index in [9.17, 15) is 4.79 Å². The van der Waals surface area contributed by atoms with Gasteiger partial charge in [0.15, 0.2) is 5.69 Å². The molecule has 1 aliphatic rings. The summed E-state index contributed by atoms with van der Waals surface area (Å²) in [4.78, 5) is 10.6. The van der Waals surface area contributed by atoms with E-state index in [2.05, 4.69) is 10.4 Å². The van der Waals surface area contributed by atoms with Crippen molar-refractivity contribution in [1.29, 1.82) is 0 Å². The number of carboxylic acid groups (broad SMARTS) is 1. The third-order valence-corrected chi connectivity index (χ3v) is 2.11. The molecular formula is C8H12ClN3O2. The second-order valence-corrected chi connectivity index (χ2v) is 3.08. The van der Waals surface area contributed by atoms with Crippen molar-refractivity contribution in [2.45, 2.75) is 19.5 Å². The van der Waals surface area contributed by atoms with Crippen LogP contribution in [-0.4, -0.2) is 27.4 Å². The fraction of sp³-hybridized carbons (Fsp3) is 0.500. The van der Waals surface area contributed by atoms with Gasteiger partial charge in [0.2, 0.25) is 0 Å². The molecule has 14 heavy (non-hydrogen) atoms. The van der Waals surface area contributed by atoms with Gasteiger partial charge in [0.05, 0.1) is 5.69 Å². The largest absolute Gasteiger partial charge is 0.476 e. The zero-order chi connectivity index (χ0) is 9.26. The van der Waals surface area contributed by atoms with Crippen molar-refractivity contribution in [3.05, 3.63) is 17.5 Å².